The molecule has 1 amide bonds. The minimum Gasteiger partial charge on any atom is -0.452 e. The lowest BCUT2D eigenvalue weighted by atomic mass is 10.1. The predicted octanol–water partition coefficient (Wildman–Crippen LogP) is 3.60. The number of aryl methyl sites for hydroxylation is 2. The van der Waals surface area contributed by atoms with Crippen molar-refractivity contribution < 1.29 is 14.3 Å². The van der Waals surface area contributed by atoms with Crippen LogP contribution in [0.25, 0.3) is 10.9 Å². The highest BCUT2D eigenvalue weighted by Crippen LogP contribution is 2.22. The molecule has 0 atom stereocenters. The smallest absolute Gasteiger partial charge is 0.338 e. The molecular formula is C20H20N2O3. The molecule has 0 unspecified atom stereocenters. The minimum atomic E-state index is -0.505. The summed E-state index contributed by atoms with van der Waals surface area (Å²) in [6, 6.07) is 14.6. The number of para-hydroxylation sites is 1. The van der Waals surface area contributed by atoms with Crippen molar-refractivity contribution in [1.29, 1.82) is 0 Å². The highest BCUT2D eigenvalue weighted by atomic mass is 16.5. The molecule has 3 rings (SSSR count). The van der Waals surface area contributed by atoms with Crippen LogP contribution in [0.3, 0.4) is 0 Å². The van der Waals surface area contributed by atoms with Crippen molar-refractivity contribution in [3.05, 3.63) is 65.4 Å². The van der Waals surface area contributed by atoms with E-state index in [0.717, 1.165) is 27.8 Å². The number of amides is 1. The van der Waals surface area contributed by atoms with E-state index in [-0.39, 0.29) is 12.5 Å². The van der Waals surface area contributed by atoms with Crippen molar-refractivity contribution in [3.63, 3.8) is 0 Å². The van der Waals surface area contributed by atoms with Crippen molar-refractivity contribution in [1.82, 2.24) is 4.98 Å². The number of aromatic amines is 1. The molecule has 0 aliphatic rings. The summed E-state index contributed by atoms with van der Waals surface area (Å²) >= 11 is 0. The predicted molar refractivity (Wildman–Crippen MR) is 97.9 cm³/mol. The normalized spacial score (nSPS) is 10.7. The largest absolute Gasteiger partial charge is 0.452 e. The highest BCUT2D eigenvalue weighted by Gasteiger charge is 2.15. The topological polar surface area (TPSA) is 62.4 Å². The number of likely N-dealkylation sites (N-methyl/N-ethyl adjacent to an activating group) is 1. The van der Waals surface area contributed by atoms with Crippen LogP contribution in [0.5, 0.6) is 0 Å². The fourth-order valence-corrected chi connectivity index (χ4v) is 2.69. The Morgan fingerprint density at radius 1 is 1.08 bits per heavy atom. The molecular weight excluding hydrogens is 316 g/mol. The molecule has 25 heavy (non-hydrogen) atoms. The molecule has 0 saturated carbocycles. The molecule has 0 aliphatic carbocycles. The number of carbonyl (C=O) groups excluding carboxylic acids is 2. The van der Waals surface area contributed by atoms with Gasteiger partial charge in [-0.2, -0.15) is 0 Å². The average Bonchev–Trinajstić information content (AvgIpc) is 2.93. The Hall–Kier alpha value is -3.08. The fourth-order valence-electron chi connectivity index (χ4n) is 2.69. The summed E-state index contributed by atoms with van der Waals surface area (Å²) in [4.78, 5) is 29.2. The van der Waals surface area contributed by atoms with Crippen LogP contribution in [0.15, 0.2) is 48.5 Å². The van der Waals surface area contributed by atoms with E-state index in [1.807, 2.05) is 50.2 Å². The third-order valence-corrected chi connectivity index (χ3v) is 4.39. The number of H-pyrrole nitrogens is 1. The Morgan fingerprint density at radius 2 is 1.80 bits per heavy atom. The van der Waals surface area contributed by atoms with Crippen molar-refractivity contribution in [2.75, 3.05) is 18.6 Å². The van der Waals surface area contributed by atoms with Gasteiger partial charge in [-0.25, -0.2) is 4.79 Å². The van der Waals surface area contributed by atoms with Gasteiger partial charge < -0.3 is 14.6 Å². The third kappa shape index (κ3) is 3.40. The van der Waals surface area contributed by atoms with Gasteiger partial charge in [0, 0.05) is 29.3 Å². The lowest BCUT2D eigenvalue weighted by Crippen LogP contribution is -2.31. The second-order valence-electron chi connectivity index (χ2n) is 6.00. The summed E-state index contributed by atoms with van der Waals surface area (Å²) in [6.07, 6.45) is 0. The van der Waals surface area contributed by atoms with Crippen LogP contribution in [0.4, 0.5) is 5.69 Å². The Bertz CT molecular complexity index is 929. The molecule has 5 nitrogen and oxygen atoms in total. The van der Waals surface area contributed by atoms with E-state index >= 15 is 0 Å². The van der Waals surface area contributed by atoms with E-state index in [9.17, 15) is 9.59 Å². The van der Waals surface area contributed by atoms with Gasteiger partial charge >= 0.3 is 5.97 Å². The monoisotopic (exact) mass is 336 g/mol. The number of carbonyl (C=O) groups is 2. The number of hydrogen-bond acceptors (Lipinski definition) is 3. The molecule has 128 valence electrons. The number of anilines is 1. The van der Waals surface area contributed by atoms with E-state index in [1.54, 1.807) is 19.2 Å². The quantitative estimate of drug-likeness (QED) is 0.740. The minimum absolute atomic E-state index is 0.283. The average molecular weight is 336 g/mol. The molecule has 0 radical (unpaired) electrons. The van der Waals surface area contributed by atoms with Crippen molar-refractivity contribution in [3.8, 4) is 0 Å². The molecule has 1 aromatic heterocycles. The summed E-state index contributed by atoms with van der Waals surface area (Å²) in [5.41, 5.74) is 4.34. The van der Waals surface area contributed by atoms with Crippen LogP contribution in [0, 0.1) is 13.8 Å². The zero-order valence-electron chi connectivity index (χ0n) is 14.5. The van der Waals surface area contributed by atoms with Crippen LogP contribution in [0.1, 0.15) is 21.6 Å². The van der Waals surface area contributed by atoms with E-state index in [1.165, 1.54) is 4.90 Å². The maximum absolute atomic E-state index is 12.3. The lowest BCUT2D eigenvalue weighted by molar-refractivity contribution is -0.121. The number of nitrogens with zero attached hydrogens (tertiary/aromatic N) is 1. The van der Waals surface area contributed by atoms with Gasteiger partial charge in [-0.1, -0.05) is 18.2 Å². The second-order valence-corrected chi connectivity index (χ2v) is 6.00. The molecule has 3 aromatic rings. The van der Waals surface area contributed by atoms with Gasteiger partial charge in [-0.05, 0) is 49.7 Å². The number of esters is 1. The van der Waals surface area contributed by atoms with E-state index in [2.05, 4.69) is 4.98 Å². The van der Waals surface area contributed by atoms with Gasteiger partial charge in [-0.3, -0.25) is 4.79 Å². The summed E-state index contributed by atoms with van der Waals surface area (Å²) in [7, 11) is 1.66. The number of aromatic nitrogens is 1. The molecule has 0 bridgehead atoms. The maximum Gasteiger partial charge on any atom is 0.338 e. The molecule has 1 N–H and O–H groups in total. The first-order valence-corrected chi connectivity index (χ1v) is 8.05. The van der Waals surface area contributed by atoms with Crippen LogP contribution in [-0.4, -0.2) is 30.5 Å². The van der Waals surface area contributed by atoms with Gasteiger partial charge in [0.1, 0.15) is 0 Å². The van der Waals surface area contributed by atoms with Gasteiger partial charge in [0.05, 0.1) is 5.56 Å². The van der Waals surface area contributed by atoms with Crippen LogP contribution >= 0.6 is 0 Å². The number of fused-ring (bicyclic) bond motifs is 1. The first kappa shape index (κ1) is 16.8. The molecule has 1 heterocycles. The zero-order valence-corrected chi connectivity index (χ0v) is 14.5. The Balaban J connectivity index is 1.68. The van der Waals surface area contributed by atoms with E-state index in [0.29, 0.717) is 5.56 Å². The fraction of sp³-hybridized carbons (Fsp3) is 0.200. The van der Waals surface area contributed by atoms with E-state index in [4.69, 9.17) is 4.74 Å². The first-order valence-electron chi connectivity index (χ1n) is 8.05. The summed E-state index contributed by atoms with van der Waals surface area (Å²) in [5, 5.41) is 0.986. The lowest BCUT2D eigenvalue weighted by Gasteiger charge is -2.17. The highest BCUT2D eigenvalue weighted by molar-refractivity contribution is 5.99. The summed E-state index contributed by atoms with van der Waals surface area (Å²) < 4.78 is 5.19. The number of nitrogens with one attached hydrogen (secondary N) is 1. The Kier molecular flexibility index (Phi) is 4.57. The van der Waals surface area contributed by atoms with Gasteiger partial charge in [0.15, 0.2) is 6.61 Å². The van der Waals surface area contributed by atoms with Gasteiger partial charge in [0.25, 0.3) is 5.91 Å². The number of rotatable bonds is 4. The second kappa shape index (κ2) is 6.81. The zero-order chi connectivity index (χ0) is 18.0. The molecule has 5 heteroatoms. The SMILES string of the molecule is Cc1[nH]c2ccc(C(=O)OCC(=O)N(C)c3ccccc3)cc2c1C. The van der Waals surface area contributed by atoms with Crippen LogP contribution in [0.2, 0.25) is 0 Å². The molecule has 0 spiro atoms. The maximum atomic E-state index is 12.3. The van der Waals surface area contributed by atoms with Crippen LogP contribution in [-0.2, 0) is 9.53 Å². The molecule has 0 saturated heterocycles. The standard InChI is InChI=1S/C20H20N2O3/c1-13-14(2)21-18-10-9-15(11-17(13)18)20(24)25-12-19(23)22(3)16-7-5-4-6-8-16/h4-11,21H,12H2,1-3H3. The number of hydrogen-bond donors (Lipinski definition) is 1. The Labute approximate surface area is 146 Å². The molecule has 0 fully saturated rings. The van der Waals surface area contributed by atoms with Crippen LogP contribution < -0.4 is 4.90 Å². The van der Waals surface area contributed by atoms with Crippen molar-refractivity contribution >= 4 is 28.5 Å². The molecule has 2 aromatic carbocycles. The number of benzene rings is 2. The summed E-state index contributed by atoms with van der Waals surface area (Å²) in [5.74, 6) is -0.788. The first-order chi connectivity index (χ1) is 12.0. The summed E-state index contributed by atoms with van der Waals surface area (Å²) in [6.45, 7) is 3.69. The van der Waals surface area contributed by atoms with E-state index < -0.39 is 5.97 Å². The Morgan fingerprint density at radius 3 is 2.52 bits per heavy atom. The number of ether oxygens (including phenoxy) is 1. The third-order valence-electron chi connectivity index (χ3n) is 4.39. The van der Waals surface area contributed by atoms with Crippen molar-refractivity contribution in [2.45, 2.75) is 13.8 Å². The van der Waals surface area contributed by atoms with Gasteiger partial charge in [0.2, 0.25) is 0 Å². The molecule has 0 aliphatic heterocycles. The van der Waals surface area contributed by atoms with Crippen molar-refractivity contribution in [2.24, 2.45) is 0 Å². The van der Waals surface area contributed by atoms with Gasteiger partial charge in [-0.15, -0.1) is 0 Å².